The molecule has 174 valence electrons. The molecule has 6 nitrogen and oxygen atoms in total. The van der Waals surface area contributed by atoms with Gasteiger partial charge in [-0.3, -0.25) is 4.79 Å². The summed E-state index contributed by atoms with van der Waals surface area (Å²) in [6, 6.07) is 7.99. The van der Waals surface area contributed by atoms with Crippen LogP contribution in [0.4, 0.5) is 18.0 Å². The molecule has 0 bridgehead atoms. The number of alkyl halides is 3. The molecule has 1 aliphatic heterocycles. The van der Waals surface area contributed by atoms with Crippen LogP contribution in [0.3, 0.4) is 0 Å². The average Bonchev–Trinajstić information content (AvgIpc) is 2.66. The predicted octanol–water partition coefficient (Wildman–Crippen LogP) is 4.46. The molecule has 0 radical (unpaired) electrons. The summed E-state index contributed by atoms with van der Waals surface area (Å²) >= 11 is 0. The predicted molar refractivity (Wildman–Crippen MR) is 109 cm³/mol. The standard InChI is InChI=1S/C22H31F3N2O4/c1-5-15-13-27(12-11-17(15)26-20(29)31-21(2,3)4)19(28)18(30-14-22(23,24)25)16-9-7-6-8-10-16/h6-10,15,17-18H,5,11-14H2,1-4H3,(H,26,29). The lowest BCUT2D eigenvalue weighted by molar-refractivity contribution is -0.191. The van der Waals surface area contributed by atoms with Gasteiger partial charge in [-0.2, -0.15) is 13.2 Å². The third-order valence-electron chi connectivity index (χ3n) is 5.01. The van der Waals surface area contributed by atoms with Crippen molar-refractivity contribution >= 4 is 12.0 Å². The fourth-order valence-corrected chi connectivity index (χ4v) is 3.58. The van der Waals surface area contributed by atoms with Crippen molar-refractivity contribution in [2.45, 2.75) is 64.5 Å². The highest BCUT2D eigenvalue weighted by Gasteiger charge is 2.37. The Kier molecular flexibility index (Phi) is 8.34. The molecule has 0 spiro atoms. The van der Waals surface area contributed by atoms with Crippen LogP contribution < -0.4 is 5.32 Å². The number of carbonyl (C=O) groups excluding carboxylic acids is 2. The third kappa shape index (κ3) is 8.05. The van der Waals surface area contributed by atoms with Gasteiger partial charge in [0.05, 0.1) is 0 Å². The van der Waals surface area contributed by atoms with E-state index in [1.807, 2.05) is 6.92 Å². The molecule has 1 aromatic rings. The summed E-state index contributed by atoms with van der Waals surface area (Å²) in [7, 11) is 0. The Morgan fingerprint density at radius 1 is 1.19 bits per heavy atom. The highest BCUT2D eigenvalue weighted by Crippen LogP contribution is 2.28. The molecule has 1 aliphatic rings. The van der Waals surface area contributed by atoms with Crippen molar-refractivity contribution in [3.8, 4) is 0 Å². The van der Waals surface area contributed by atoms with Crippen LogP contribution >= 0.6 is 0 Å². The lowest BCUT2D eigenvalue weighted by Gasteiger charge is -2.40. The molecule has 2 amide bonds. The van der Waals surface area contributed by atoms with Gasteiger partial charge >= 0.3 is 12.3 Å². The Balaban J connectivity index is 2.08. The number of nitrogens with one attached hydrogen (secondary N) is 1. The lowest BCUT2D eigenvalue weighted by atomic mass is 9.89. The smallest absolute Gasteiger partial charge is 0.411 e. The number of rotatable bonds is 6. The summed E-state index contributed by atoms with van der Waals surface area (Å²) in [6.07, 6.45) is -5.24. The Morgan fingerprint density at radius 3 is 2.39 bits per heavy atom. The van der Waals surface area contributed by atoms with Crippen molar-refractivity contribution in [3.63, 3.8) is 0 Å². The van der Waals surface area contributed by atoms with E-state index in [0.29, 0.717) is 31.5 Å². The van der Waals surface area contributed by atoms with Gasteiger partial charge in [-0.05, 0) is 45.1 Å². The van der Waals surface area contributed by atoms with Crippen LogP contribution in [0, 0.1) is 5.92 Å². The van der Waals surface area contributed by atoms with Gasteiger partial charge in [0.25, 0.3) is 5.91 Å². The second-order valence-electron chi connectivity index (χ2n) is 8.71. The fourth-order valence-electron chi connectivity index (χ4n) is 3.58. The Bertz CT molecular complexity index is 735. The summed E-state index contributed by atoms with van der Waals surface area (Å²) in [6.45, 7) is 6.37. The number of hydrogen-bond donors (Lipinski definition) is 1. The number of carbonyl (C=O) groups is 2. The largest absolute Gasteiger partial charge is 0.444 e. The van der Waals surface area contributed by atoms with Gasteiger partial charge in [0.15, 0.2) is 6.10 Å². The number of nitrogens with zero attached hydrogens (tertiary/aromatic N) is 1. The highest BCUT2D eigenvalue weighted by molar-refractivity contribution is 5.82. The molecule has 1 saturated heterocycles. The van der Waals surface area contributed by atoms with Gasteiger partial charge in [0, 0.05) is 19.1 Å². The van der Waals surface area contributed by atoms with Crippen LogP contribution in [-0.4, -0.2) is 54.4 Å². The van der Waals surface area contributed by atoms with Gasteiger partial charge in [0.2, 0.25) is 0 Å². The fraction of sp³-hybridized carbons (Fsp3) is 0.636. The van der Waals surface area contributed by atoms with Gasteiger partial charge < -0.3 is 19.7 Å². The first kappa shape index (κ1) is 25.0. The molecule has 31 heavy (non-hydrogen) atoms. The molecule has 0 saturated carbocycles. The van der Waals surface area contributed by atoms with Gasteiger partial charge in [-0.25, -0.2) is 4.79 Å². The second-order valence-corrected chi connectivity index (χ2v) is 8.71. The van der Waals surface area contributed by atoms with Crippen molar-refractivity contribution in [1.29, 1.82) is 0 Å². The molecular weight excluding hydrogens is 413 g/mol. The number of likely N-dealkylation sites (tertiary alicyclic amines) is 1. The van der Waals surface area contributed by atoms with Crippen LogP contribution in [0.1, 0.15) is 52.2 Å². The molecule has 3 unspecified atom stereocenters. The molecule has 0 aliphatic carbocycles. The lowest BCUT2D eigenvalue weighted by Crippen LogP contribution is -2.53. The zero-order valence-electron chi connectivity index (χ0n) is 18.4. The molecule has 1 heterocycles. The number of hydrogen-bond acceptors (Lipinski definition) is 4. The quantitative estimate of drug-likeness (QED) is 0.704. The molecule has 0 aromatic heterocycles. The second kappa shape index (κ2) is 10.3. The van der Waals surface area contributed by atoms with E-state index < -0.39 is 36.5 Å². The van der Waals surface area contributed by atoms with E-state index in [2.05, 4.69) is 5.32 Å². The number of amides is 2. The first-order valence-electron chi connectivity index (χ1n) is 10.4. The van der Waals surface area contributed by atoms with Crippen molar-refractivity contribution in [1.82, 2.24) is 10.2 Å². The monoisotopic (exact) mass is 444 g/mol. The Hall–Kier alpha value is -2.29. The molecule has 2 rings (SSSR count). The maximum atomic E-state index is 13.1. The molecule has 1 fully saturated rings. The van der Waals surface area contributed by atoms with E-state index in [9.17, 15) is 22.8 Å². The van der Waals surface area contributed by atoms with Crippen LogP contribution in [-0.2, 0) is 14.3 Å². The normalized spacial score (nSPS) is 20.8. The van der Waals surface area contributed by atoms with E-state index in [4.69, 9.17) is 9.47 Å². The van der Waals surface area contributed by atoms with Gasteiger partial charge in [-0.15, -0.1) is 0 Å². The summed E-state index contributed by atoms with van der Waals surface area (Å²) in [5.41, 5.74) is -0.250. The maximum Gasteiger partial charge on any atom is 0.411 e. The Morgan fingerprint density at radius 2 is 1.84 bits per heavy atom. The topological polar surface area (TPSA) is 67.9 Å². The first-order chi connectivity index (χ1) is 14.4. The van der Waals surface area contributed by atoms with Crippen LogP contribution in [0.25, 0.3) is 0 Å². The SMILES string of the molecule is CCC1CN(C(=O)C(OCC(F)(F)F)c2ccccc2)CCC1NC(=O)OC(C)(C)C. The minimum Gasteiger partial charge on any atom is -0.444 e. The maximum absolute atomic E-state index is 13.1. The molecule has 1 N–H and O–H groups in total. The van der Waals surface area contributed by atoms with Gasteiger partial charge in [-0.1, -0.05) is 37.3 Å². The summed E-state index contributed by atoms with van der Waals surface area (Å²) < 4.78 is 48.6. The van der Waals surface area contributed by atoms with E-state index in [0.717, 1.165) is 0 Å². The molecule has 1 aromatic carbocycles. The minimum absolute atomic E-state index is 0.0516. The van der Waals surface area contributed by atoms with Crippen LogP contribution in [0.15, 0.2) is 30.3 Å². The summed E-state index contributed by atoms with van der Waals surface area (Å²) in [4.78, 5) is 26.8. The van der Waals surface area contributed by atoms with Crippen LogP contribution in [0.5, 0.6) is 0 Å². The third-order valence-corrected chi connectivity index (χ3v) is 5.01. The van der Waals surface area contributed by atoms with Gasteiger partial charge in [0.1, 0.15) is 12.2 Å². The molecule has 3 atom stereocenters. The van der Waals surface area contributed by atoms with E-state index >= 15 is 0 Å². The average molecular weight is 444 g/mol. The number of alkyl carbamates (subject to hydrolysis) is 1. The van der Waals surface area contributed by atoms with Crippen LogP contribution in [0.2, 0.25) is 0 Å². The zero-order valence-corrected chi connectivity index (χ0v) is 18.4. The van der Waals surface area contributed by atoms with E-state index in [-0.39, 0.29) is 12.0 Å². The number of benzene rings is 1. The summed E-state index contributed by atoms with van der Waals surface area (Å²) in [5.74, 6) is -0.561. The van der Waals surface area contributed by atoms with Crippen molar-refractivity contribution < 1.29 is 32.2 Å². The minimum atomic E-state index is -4.54. The Labute approximate surface area is 181 Å². The van der Waals surface area contributed by atoms with E-state index in [1.165, 1.54) is 4.90 Å². The van der Waals surface area contributed by atoms with Crippen molar-refractivity contribution in [2.75, 3.05) is 19.7 Å². The number of ether oxygens (including phenoxy) is 2. The molecule has 9 heteroatoms. The number of halogens is 3. The first-order valence-corrected chi connectivity index (χ1v) is 10.4. The van der Waals surface area contributed by atoms with Crippen molar-refractivity contribution in [2.24, 2.45) is 5.92 Å². The summed E-state index contributed by atoms with van der Waals surface area (Å²) in [5, 5.41) is 2.86. The van der Waals surface area contributed by atoms with E-state index in [1.54, 1.807) is 51.1 Å². The highest BCUT2D eigenvalue weighted by atomic mass is 19.4. The number of piperidine rings is 1. The molecular formula is C22H31F3N2O4. The zero-order chi connectivity index (χ0) is 23.2. The van der Waals surface area contributed by atoms with Crippen molar-refractivity contribution in [3.05, 3.63) is 35.9 Å².